The molecule has 2 unspecified atom stereocenters. The van der Waals surface area contributed by atoms with Crippen LogP contribution in [0.5, 0.6) is 5.75 Å². The summed E-state index contributed by atoms with van der Waals surface area (Å²) < 4.78 is 35.5. The highest BCUT2D eigenvalue weighted by Gasteiger charge is 2.28. The summed E-state index contributed by atoms with van der Waals surface area (Å²) in [5.41, 5.74) is 1.80. The van der Waals surface area contributed by atoms with Crippen LogP contribution in [0.3, 0.4) is 0 Å². The van der Waals surface area contributed by atoms with Gasteiger partial charge in [-0.15, -0.1) is 0 Å². The van der Waals surface area contributed by atoms with Crippen molar-refractivity contribution >= 4 is 41.2 Å². The number of hydrogen-bond donors (Lipinski definition) is 1. The van der Waals surface area contributed by atoms with Crippen molar-refractivity contribution < 1.29 is 18.2 Å². The molecular formula is C22H30FN2O3PS2. The minimum absolute atomic E-state index is 0.164. The van der Waals surface area contributed by atoms with Crippen LogP contribution in [0.25, 0.3) is 0 Å². The fraction of sp³-hybridized carbons (Fsp3) is 0.409. The van der Waals surface area contributed by atoms with Gasteiger partial charge in [-0.1, -0.05) is 26.0 Å². The quantitative estimate of drug-likeness (QED) is 0.267. The molecule has 0 aliphatic carbocycles. The summed E-state index contributed by atoms with van der Waals surface area (Å²) in [5, 5.41) is 3.45. The molecular weight excluding hydrogens is 454 g/mol. The topological polar surface area (TPSA) is 52.1 Å². The maximum absolute atomic E-state index is 13.2. The smallest absolute Gasteiger partial charge is 0.326 e. The first-order valence-corrected chi connectivity index (χ1v) is 13.7. The van der Waals surface area contributed by atoms with Crippen LogP contribution in [-0.2, 0) is 15.5 Å². The largest absolute Gasteiger partial charge is 0.497 e. The number of anilines is 1. The number of rotatable bonds is 11. The Labute approximate surface area is 194 Å². The normalized spacial score (nSPS) is 13.7. The first-order chi connectivity index (χ1) is 14.9. The zero-order valence-electron chi connectivity index (χ0n) is 18.3. The third kappa shape index (κ3) is 8.81. The van der Waals surface area contributed by atoms with Crippen LogP contribution in [0.1, 0.15) is 32.8 Å². The summed E-state index contributed by atoms with van der Waals surface area (Å²) >= 11 is 7.02. The van der Waals surface area contributed by atoms with Crippen LogP contribution >= 0.6 is 30.3 Å². The Morgan fingerprint density at radius 2 is 1.84 bits per heavy atom. The summed E-state index contributed by atoms with van der Waals surface area (Å²) in [5.74, 6) is 0.513. The van der Waals surface area contributed by atoms with E-state index in [4.69, 9.17) is 30.7 Å². The fourth-order valence-electron chi connectivity index (χ4n) is 2.52. The highest BCUT2D eigenvalue weighted by molar-refractivity contribution is 8.56. The molecule has 0 amide bonds. The first kappa shape index (κ1) is 25.7. The zero-order chi connectivity index (χ0) is 22.7. The first-order valence-electron chi connectivity index (χ1n) is 10.2. The monoisotopic (exact) mass is 484 g/mol. The van der Waals surface area contributed by atoms with Crippen molar-refractivity contribution in [1.29, 1.82) is 0 Å². The summed E-state index contributed by atoms with van der Waals surface area (Å²) in [6.07, 6.45) is 1.70. The molecule has 2 rings (SSSR count). The number of nitrogens with zero attached hydrogens (tertiary/aromatic N) is 1. The molecule has 0 aliphatic heterocycles. The van der Waals surface area contributed by atoms with Crippen LogP contribution in [0.2, 0.25) is 0 Å². The van der Waals surface area contributed by atoms with Crippen molar-refractivity contribution in [2.45, 2.75) is 38.9 Å². The van der Waals surface area contributed by atoms with Gasteiger partial charge in [0, 0.05) is 17.5 Å². The lowest BCUT2D eigenvalue weighted by Crippen LogP contribution is -2.13. The van der Waals surface area contributed by atoms with Crippen molar-refractivity contribution in [2.75, 3.05) is 25.6 Å². The Morgan fingerprint density at radius 3 is 2.42 bits per heavy atom. The maximum Gasteiger partial charge on any atom is 0.326 e. The summed E-state index contributed by atoms with van der Waals surface area (Å²) in [6, 6.07) is 13.9. The van der Waals surface area contributed by atoms with Gasteiger partial charge in [0.15, 0.2) is 0 Å². The lowest BCUT2D eigenvalue weighted by Gasteiger charge is -2.26. The second-order valence-corrected chi connectivity index (χ2v) is 11.7. The molecule has 0 aromatic heterocycles. The van der Waals surface area contributed by atoms with E-state index in [1.54, 1.807) is 30.6 Å². The standard InChI is InChI=1S/C22H30FN2O3PS2/c1-5-17(3)31-29(27-6-2,24-16-15-18-7-13-21(26-4)14-8-18)28-22(30)25-20-11-9-19(23)10-12-20/h7-14,17H,5-6,15-16H2,1-4H3,(H,25,30). The molecule has 2 aromatic carbocycles. The predicted octanol–water partition coefficient (Wildman–Crippen LogP) is 7.30. The molecule has 2 atom stereocenters. The molecule has 0 saturated heterocycles. The molecule has 5 nitrogen and oxygen atoms in total. The molecule has 0 radical (unpaired) electrons. The second-order valence-electron chi connectivity index (χ2n) is 6.68. The maximum atomic E-state index is 13.2. The Hall–Kier alpha value is -1.60. The van der Waals surface area contributed by atoms with Crippen LogP contribution < -0.4 is 10.1 Å². The van der Waals surface area contributed by atoms with Gasteiger partial charge in [0.1, 0.15) is 11.6 Å². The number of ether oxygens (including phenoxy) is 1. The second kappa shape index (κ2) is 13.1. The van der Waals surface area contributed by atoms with Gasteiger partial charge in [-0.2, -0.15) is 0 Å². The molecule has 0 fully saturated rings. The van der Waals surface area contributed by atoms with Crippen molar-refractivity contribution in [2.24, 2.45) is 4.74 Å². The van der Waals surface area contributed by atoms with E-state index in [1.807, 2.05) is 31.2 Å². The van der Waals surface area contributed by atoms with E-state index in [-0.39, 0.29) is 11.0 Å². The van der Waals surface area contributed by atoms with Gasteiger partial charge >= 0.3 is 6.71 Å². The van der Waals surface area contributed by atoms with Crippen molar-refractivity contribution in [3.63, 3.8) is 0 Å². The molecule has 0 bridgehead atoms. The fourth-order valence-corrected chi connectivity index (χ4v) is 8.08. The van der Waals surface area contributed by atoms with Crippen LogP contribution in [0.15, 0.2) is 53.3 Å². The van der Waals surface area contributed by atoms with Gasteiger partial charge in [-0.05, 0) is 85.3 Å². The Balaban J connectivity index is 2.17. The average Bonchev–Trinajstić information content (AvgIpc) is 2.76. The lowest BCUT2D eigenvalue weighted by atomic mass is 10.1. The number of halogens is 1. The SMILES string of the molecule is CCOP(=NCCc1ccc(OC)cc1)(OC(=S)Nc1ccc(F)cc1)SC(C)CC. The number of benzene rings is 2. The molecule has 31 heavy (non-hydrogen) atoms. The molecule has 9 heteroatoms. The molecule has 0 saturated carbocycles. The minimum atomic E-state index is -2.68. The van der Waals surface area contributed by atoms with Gasteiger partial charge in [0.05, 0.1) is 13.7 Å². The molecule has 0 aliphatic rings. The number of methoxy groups -OCH3 is 1. The summed E-state index contributed by atoms with van der Waals surface area (Å²) in [6.45, 7) is 4.48. The average molecular weight is 485 g/mol. The van der Waals surface area contributed by atoms with E-state index < -0.39 is 6.71 Å². The third-order valence-corrected chi connectivity index (χ3v) is 9.88. The van der Waals surface area contributed by atoms with Gasteiger partial charge < -0.3 is 19.1 Å². The van der Waals surface area contributed by atoms with Crippen LogP contribution in [0.4, 0.5) is 10.1 Å². The van der Waals surface area contributed by atoms with Crippen molar-refractivity contribution in [1.82, 2.24) is 0 Å². The summed E-state index contributed by atoms with van der Waals surface area (Å²) in [7, 11) is 1.65. The van der Waals surface area contributed by atoms with Crippen LogP contribution in [-0.4, -0.2) is 30.7 Å². The highest BCUT2D eigenvalue weighted by atomic mass is 32.7. The molecule has 0 heterocycles. The Morgan fingerprint density at radius 1 is 1.16 bits per heavy atom. The highest BCUT2D eigenvalue weighted by Crippen LogP contribution is 2.65. The van der Waals surface area contributed by atoms with E-state index in [9.17, 15) is 4.39 Å². The van der Waals surface area contributed by atoms with E-state index >= 15 is 0 Å². The number of nitrogens with one attached hydrogen (secondary N) is 1. The molecule has 2 aromatic rings. The lowest BCUT2D eigenvalue weighted by molar-refractivity contribution is 0.335. The summed E-state index contributed by atoms with van der Waals surface area (Å²) in [4.78, 5) is 0. The third-order valence-electron chi connectivity index (χ3n) is 4.30. The minimum Gasteiger partial charge on any atom is -0.497 e. The van der Waals surface area contributed by atoms with E-state index in [2.05, 4.69) is 19.2 Å². The van der Waals surface area contributed by atoms with Crippen LogP contribution in [0, 0.1) is 5.82 Å². The Kier molecular flexibility index (Phi) is 10.8. The van der Waals surface area contributed by atoms with Crippen molar-refractivity contribution in [3.05, 3.63) is 59.9 Å². The molecule has 1 N–H and O–H groups in total. The van der Waals surface area contributed by atoms with Gasteiger partial charge in [-0.3, -0.25) is 0 Å². The number of thiocarbonyl (C=S) groups is 1. The van der Waals surface area contributed by atoms with E-state index in [0.717, 1.165) is 24.2 Å². The van der Waals surface area contributed by atoms with Crippen molar-refractivity contribution in [3.8, 4) is 5.75 Å². The Bertz CT molecular complexity index is 879. The van der Waals surface area contributed by atoms with E-state index in [1.165, 1.54) is 12.1 Å². The van der Waals surface area contributed by atoms with Gasteiger partial charge in [0.2, 0.25) is 0 Å². The van der Waals surface area contributed by atoms with Gasteiger partial charge in [-0.25, -0.2) is 9.14 Å². The van der Waals surface area contributed by atoms with E-state index in [0.29, 0.717) is 24.1 Å². The molecule has 170 valence electrons. The molecule has 0 spiro atoms. The van der Waals surface area contributed by atoms with Gasteiger partial charge in [0.25, 0.3) is 5.17 Å². The predicted molar refractivity (Wildman–Crippen MR) is 134 cm³/mol. The number of hydrogen-bond acceptors (Lipinski definition) is 6. The zero-order valence-corrected chi connectivity index (χ0v) is 20.9.